The predicted octanol–water partition coefficient (Wildman–Crippen LogP) is 3.75. The molecule has 0 unspecified atom stereocenters. The van der Waals surface area contributed by atoms with Crippen LogP contribution in [0.2, 0.25) is 0 Å². The molecule has 178 valence electrons. The summed E-state index contributed by atoms with van der Waals surface area (Å²) < 4.78 is 32.7. The Hall–Kier alpha value is -4.29. The van der Waals surface area contributed by atoms with Gasteiger partial charge in [0.15, 0.2) is 0 Å². The van der Waals surface area contributed by atoms with E-state index >= 15 is 0 Å². The predicted molar refractivity (Wildman–Crippen MR) is 130 cm³/mol. The van der Waals surface area contributed by atoms with Gasteiger partial charge in [-0.2, -0.15) is 0 Å². The maximum atomic E-state index is 13.4. The number of nitrogens with zero attached hydrogens (tertiary/aromatic N) is 2. The van der Waals surface area contributed by atoms with Crippen molar-refractivity contribution in [1.82, 2.24) is 4.31 Å². The SMILES string of the molecule is COc1ccc(CC#Cc2ccc3c(c2)S(=O)(=O)N(Cc2ccc(C(=O)O)cc2)C(=O)N3C)cc1. The first-order valence-corrected chi connectivity index (χ1v) is 12.0. The molecular weight excluding hydrogens is 468 g/mol. The van der Waals surface area contributed by atoms with Gasteiger partial charge in [0.2, 0.25) is 0 Å². The number of fused-ring (bicyclic) bond motifs is 1. The Balaban J connectivity index is 1.60. The normalized spacial score (nSPS) is 14.1. The van der Waals surface area contributed by atoms with E-state index in [-0.39, 0.29) is 22.7 Å². The molecule has 1 heterocycles. The highest BCUT2D eigenvalue weighted by atomic mass is 32.2. The first-order valence-electron chi connectivity index (χ1n) is 10.6. The van der Waals surface area contributed by atoms with Crippen LogP contribution in [0.15, 0.2) is 71.6 Å². The molecule has 3 aromatic rings. The van der Waals surface area contributed by atoms with Gasteiger partial charge in [0.05, 0.1) is 24.9 Å². The molecule has 8 nitrogen and oxygen atoms in total. The molecule has 0 saturated carbocycles. The number of rotatable bonds is 5. The van der Waals surface area contributed by atoms with Crippen molar-refractivity contribution in [1.29, 1.82) is 0 Å². The van der Waals surface area contributed by atoms with Crippen LogP contribution in [0, 0.1) is 11.8 Å². The number of benzene rings is 3. The van der Waals surface area contributed by atoms with Crippen molar-refractivity contribution in [2.75, 3.05) is 19.1 Å². The van der Waals surface area contributed by atoms with Gasteiger partial charge in [-0.25, -0.2) is 22.3 Å². The minimum Gasteiger partial charge on any atom is -0.497 e. The molecule has 0 spiro atoms. The van der Waals surface area contributed by atoms with Crippen molar-refractivity contribution < 1.29 is 27.9 Å². The number of aromatic carboxylic acids is 1. The largest absolute Gasteiger partial charge is 0.497 e. The summed E-state index contributed by atoms with van der Waals surface area (Å²) in [5.41, 5.74) is 2.33. The van der Waals surface area contributed by atoms with Gasteiger partial charge in [0.1, 0.15) is 10.6 Å². The van der Waals surface area contributed by atoms with Gasteiger partial charge in [0.25, 0.3) is 10.0 Å². The lowest BCUT2D eigenvalue weighted by Gasteiger charge is -2.34. The smallest absolute Gasteiger partial charge is 0.338 e. The minimum atomic E-state index is -4.15. The molecule has 0 bridgehead atoms. The minimum absolute atomic E-state index is 0.0157. The number of carbonyl (C=O) groups excluding carboxylic acids is 1. The highest BCUT2D eigenvalue weighted by Gasteiger charge is 2.40. The fraction of sp³-hybridized carbons (Fsp3) is 0.154. The number of methoxy groups -OCH3 is 1. The standard InChI is InChI=1S/C26H22N2O6S/c1-27-23-15-10-19(5-3-4-18-8-13-22(34-2)14-9-18)16-24(23)35(32,33)28(26(27)31)17-20-6-11-21(12-7-20)25(29)30/h6-16H,4,17H2,1-2H3,(H,29,30). The van der Waals surface area contributed by atoms with Crippen molar-refractivity contribution >= 4 is 27.7 Å². The van der Waals surface area contributed by atoms with E-state index in [9.17, 15) is 18.0 Å². The average Bonchev–Trinajstić information content (AvgIpc) is 2.86. The van der Waals surface area contributed by atoms with Gasteiger partial charge < -0.3 is 9.84 Å². The summed E-state index contributed by atoms with van der Waals surface area (Å²) in [6, 6.07) is 17.2. The number of sulfonamides is 1. The first-order chi connectivity index (χ1) is 16.7. The zero-order valence-electron chi connectivity index (χ0n) is 19.1. The highest BCUT2D eigenvalue weighted by molar-refractivity contribution is 7.90. The highest BCUT2D eigenvalue weighted by Crippen LogP contribution is 2.35. The number of hydrogen-bond acceptors (Lipinski definition) is 5. The third-order valence-electron chi connectivity index (χ3n) is 5.60. The number of amides is 2. The summed E-state index contributed by atoms with van der Waals surface area (Å²) >= 11 is 0. The average molecular weight is 491 g/mol. The number of carboxylic acids is 1. The second-order valence-electron chi connectivity index (χ2n) is 7.86. The third kappa shape index (κ3) is 4.83. The zero-order chi connectivity index (χ0) is 25.2. The number of ether oxygens (including phenoxy) is 1. The van der Waals surface area contributed by atoms with Crippen LogP contribution in [0.25, 0.3) is 0 Å². The Labute approximate surface area is 203 Å². The van der Waals surface area contributed by atoms with Gasteiger partial charge >= 0.3 is 12.0 Å². The van der Waals surface area contributed by atoms with Crippen molar-refractivity contribution in [3.05, 3.63) is 89.0 Å². The van der Waals surface area contributed by atoms with Gasteiger partial charge in [-0.1, -0.05) is 36.1 Å². The maximum absolute atomic E-state index is 13.4. The molecule has 0 atom stereocenters. The van der Waals surface area contributed by atoms with Gasteiger partial charge in [-0.05, 0) is 53.6 Å². The molecule has 3 aromatic carbocycles. The van der Waals surface area contributed by atoms with E-state index in [0.717, 1.165) is 15.6 Å². The first kappa shape index (κ1) is 23.9. The lowest BCUT2D eigenvalue weighted by atomic mass is 10.1. The molecule has 0 aliphatic carbocycles. The summed E-state index contributed by atoms with van der Waals surface area (Å²) in [5, 5.41) is 9.06. The van der Waals surface area contributed by atoms with Crippen LogP contribution in [-0.2, 0) is 23.0 Å². The molecule has 0 saturated heterocycles. The monoisotopic (exact) mass is 490 g/mol. The Bertz CT molecular complexity index is 1450. The topological polar surface area (TPSA) is 104 Å². The summed E-state index contributed by atoms with van der Waals surface area (Å²) in [5.74, 6) is 5.70. The van der Waals surface area contributed by atoms with Crippen LogP contribution in [0.4, 0.5) is 10.5 Å². The van der Waals surface area contributed by atoms with E-state index in [1.807, 2.05) is 24.3 Å². The van der Waals surface area contributed by atoms with Gasteiger partial charge in [-0.15, -0.1) is 0 Å². The number of hydrogen-bond donors (Lipinski definition) is 1. The fourth-order valence-electron chi connectivity index (χ4n) is 3.63. The zero-order valence-corrected chi connectivity index (χ0v) is 19.9. The summed E-state index contributed by atoms with van der Waals surface area (Å²) in [4.78, 5) is 25.2. The van der Waals surface area contributed by atoms with Crippen LogP contribution in [-0.4, -0.2) is 44.0 Å². The lowest BCUT2D eigenvalue weighted by molar-refractivity contribution is 0.0696. The molecule has 2 amide bonds. The maximum Gasteiger partial charge on any atom is 0.338 e. The molecule has 1 aliphatic rings. The summed E-state index contributed by atoms with van der Waals surface area (Å²) in [6.45, 7) is -0.224. The van der Waals surface area contributed by atoms with Crippen LogP contribution in [0.1, 0.15) is 27.0 Å². The van der Waals surface area contributed by atoms with E-state index in [2.05, 4.69) is 11.8 Å². The number of carboxylic acid groups (broad SMARTS) is 1. The summed E-state index contributed by atoms with van der Waals surface area (Å²) in [6.07, 6.45) is 0.477. The van der Waals surface area contributed by atoms with Crippen molar-refractivity contribution in [2.24, 2.45) is 0 Å². The van der Waals surface area contributed by atoms with Crippen LogP contribution in [0.3, 0.4) is 0 Å². The Kier molecular flexibility index (Phi) is 6.49. The Morgan fingerprint density at radius 3 is 2.29 bits per heavy atom. The lowest BCUT2D eigenvalue weighted by Crippen LogP contribution is -2.48. The van der Waals surface area contributed by atoms with E-state index < -0.39 is 22.0 Å². The summed E-state index contributed by atoms with van der Waals surface area (Å²) in [7, 11) is -1.05. The molecule has 1 aliphatic heterocycles. The van der Waals surface area contributed by atoms with E-state index in [1.165, 1.54) is 42.3 Å². The van der Waals surface area contributed by atoms with E-state index in [0.29, 0.717) is 17.5 Å². The van der Waals surface area contributed by atoms with Crippen molar-refractivity contribution in [3.8, 4) is 17.6 Å². The Morgan fingerprint density at radius 2 is 1.66 bits per heavy atom. The second-order valence-corrected chi connectivity index (χ2v) is 9.70. The van der Waals surface area contributed by atoms with E-state index in [1.54, 1.807) is 19.2 Å². The van der Waals surface area contributed by atoms with Crippen LogP contribution >= 0.6 is 0 Å². The molecule has 0 radical (unpaired) electrons. The van der Waals surface area contributed by atoms with Crippen molar-refractivity contribution in [2.45, 2.75) is 17.9 Å². The third-order valence-corrected chi connectivity index (χ3v) is 7.35. The molecule has 4 rings (SSSR count). The molecule has 1 N–H and O–H groups in total. The molecule has 9 heteroatoms. The van der Waals surface area contributed by atoms with E-state index in [4.69, 9.17) is 9.84 Å². The number of urea groups is 1. The van der Waals surface area contributed by atoms with Gasteiger partial charge in [0, 0.05) is 19.0 Å². The quantitative estimate of drug-likeness (QED) is 0.547. The number of anilines is 1. The van der Waals surface area contributed by atoms with Crippen LogP contribution in [0.5, 0.6) is 5.75 Å². The molecule has 0 fully saturated rings. The molecule has 35 heavy (non-hydrogen) atoms. The molecule has 0 aromatic heterocycles. The fourth-order valence-corrected chi connectivity index (χ4v) is 5.26. The van der Waals surface area contributed by atoms with Crippen molar-refractivity contribution in [3.63, 3.8) is 0 Å². The number of carbonyl (C=O) groups is 2. The van der Waals surface area contributed by atoms with Gasteiger partial charge in [-0.3, -0.25) is 4.90 Å². The van der Waals surface area contributed by atoms with Crippen LogP contribution < -0.4 is 9.64 Å². The molecular formula is C26H22N2O6S. The second kappa shape index (κ2) is 9.52. The Morgan fingerprint density at radius 1 is 1.00 bits per heavy atom.